The van der Waals surface area contributed by atoms with Gasteiger partial charge in [-0.25, -0.2) is 8.42 Å². The molecule has 1 aliphatic heterocycles. The fourth-order valence-electron chi connectivity index (χ4n) is 3.71. The molecule has 1 fully saturated rings. The molecule has 0 aliphatic carbocycles. The van der Waals surface area contributed by atoms with Crippen molar-refractivity contribution in [3.63, 3.8) is 0 Å². The number of fused-ring (bicyclic) bond motifs is 1. The topological polar surface area (TPSA) is 60.9 Å². The number of benzene rings is 3. The highest BCUT2D eigenvalue weighted by atomic mass is 32.2. The Morgan fingerprint density at radius 3 is 2.23 bits per heavy atom. The summed E-state index contributed by atoms with van der Waals surface area (Å²) in [5, 5.41) is 1.90. The smallest absolute Gasteiger partial charge is 0.254 e. The maximum absolute atomic E-state index is 13.1. The lowest BCUT2D eigenvalue weighted by molar-refractivity contribution is 0.0698. The average molecular weight is 424 g/mol. The first kappa shape index (κ1) is 20.4. The van der Waals surface area contributed by atoms with Gasteiger partial charge in [-0.15, -0.1) is 0 Å². The summed E-state index contributed by atoms with van der Waals surface area (Å²) in [6.07, 6.45) is 0. The van der Waals surface area contributed by atoms with E-state index in [1.54, 1.807) is 23.1 Å². The molecule has 3 aromatic carbocycles. The normalized spacial score (nSPS) is 15.3. The molecular formula is C23H25N3O3S. The summed E-state index contributed by atoms with van der Waals surface area (Å²) >= 11 is 0. The molecule has 0 radical (unpaired) electrons. The van der Waals surface area contributed by atoms with Gasteiger partial charge in [0, 0.05) is 51.5 Å². The van der Waals surface area contributed by atoms with Crippen molar-refractivity contribution >= 4 is 32.4 Å². The Bertz CT molecular complexity index is 1180. The van der Waals surface area contributed by atoms with Crippen LogP contribution in [-0.2, 0) is 10.0 Å². The molecule has 30 heavy (non-hydrogen) atoms. The molecule has 1 aliphatic rings. The van der Waals surface area contributed by atoms with Crippen LogP contribution in [0.4, 0.5) is 5.69 Å². The summed E-state index contributed by atoms with van der Waals surface area (Å²) in [5.74, 6) is -0.0681. The van der Waals surface area contributed by atoms with Gasteiger partial charge in [0.1, 0.15) is 0 Å². The summed E-state index contributed by atoms with van der Waals surface area (Å²) in [5.41, 5.74) is 1.57. The van der Waals surface area contributed by atoms with Crippen molar-refractivity contribution < 1.29 is 13.2 Å². The molecule has 0 spiro atoms. The zero-order chi connectivity index (χ0) is 21.3. The van der Waals surface area contributed by atoms with Crippen molar-refractivity contribution in [2.75, 3.05) is 45.2 Å². The summed E-state index contributed by atoms with van der Waals surface area (Å²) in [6.45, 7) is 1.32. The van der Waals surface area contributed by atoms with Crippen LogP contribution in [0.1, 0.15) is 10.4 Å². The lowest BCUT2D eigenvalue weighted by Gasteiger charge is -2.34. The minimum absolute atomic E-state index is 0.0681. The van der Waals surface area contributed by atoms with Crippen LogP contribution >= 0.6 is 0 Å². The predicted molar refractivity (Wildman–Crippen MR) is 119 cm³/mol. The number of carbonyl (C=O) groups excluding carboxylic acids is 1. The van der Waals surface area contributed by atoms with E-state index in [0.29, 0.717) is 23.5 Å². The summed E-state index contributed by atoms with van der Waals surface area (Å²) in [6, 6.07) is 20.4. The van der Waals surface area contributed by atoms with E-state index in [2.05, 4.69) is 0 Å². The van der Waals surface area contributed by atoms with Gasteiger partial charge in [0.25, 0.3) is 5.91 Å². The van der Waals surface area contributed by atoms with Crippen LogP contribution in [0.15, 0.2) is 71.6 Å². The highest BCUT2D eigenvalue weighted by Crippen LogP contribution is 2.23. The van der Waals surface area contributed by atoms with E-state index in [4.69, 9.17) is 0 Å². The van der Waals surface area contributed by atoms with Gasteiger partial charge in [0.2, 0.25) is 10.0 Å². The van der Waals surface area contributed by atoms with Gasteiger partial charge in [0.05, 0.1) is 4.90 Å². The van der Waals surface area contributed by atoms with Crippen LogP contribution in [0.5, 0.6) is 0 Å². The van der Waals surface area contributed by atoms with Crippen molar-refractivity contribution in [3.05, 3.63) is 72.3 Å². The predicted octanol–water partition coefficient (Wildman–Crippen LogP) is 3.05. The van der Waals surface area contributed by atoms with E-state index in [1.807, 2.05) is 67.5 Å². The third-order valence-electron chi connectivity index (χ3n) is 5.49. The van der Waals surface area contributed by atoms with Gasteiger partial charge in [-0.3, -0.25) is 4.79 Å². The first-order valence-corrected chi connectivity index (χ1v) is 11.4. The van der Waals surface area contributed by atoms with Crippen LogP contribution in [0.25, 0.3) is 10.8 Å². The monoisotopic (exact) mass is 423 g/mol. The first-order chi connectivity index (χ1) is 14.4. The molecule has 1 saturated heterocycles. The molecule has 0 saturated carbocycles. The van der Waals surface area contributed by atoms with Gasteiger partial charge in [0.15, 0.2) is 0 Å². The number of sulfonamides is 1. The fourth-order valence-corrected chi connectivity index (χ4v) is 5.17. The van der Waals surface area contributed by atoms with Crippen molar-refractivity contribution in [2.24, 2.45) is 0 Å². The Hall–Kier alpha value is -2.90. The molecular weight excluding hydrogens is 398 g/mol. The van der Waals surface area contributed by atoms with E-state index in [-0.39, 0.29) is 19.0 Å². The van der Waals surface area contributed by atoms with Gasteiger partial charge in [-0.05, 0) is 41.1 Å². The number of amides is 1. The minimum Gasteiger partial charge on any atom is -0.378 e. The van der Waals surface area contributed by atoms with Crippen LogP contribution in [0, 0.1) is 0 Å². The first-order valence-electron chi connectivity index (χ1n) is 9.92. The van der Waals surface area contributed by atoms with Crippen molar-refractivity contribution in [2.45, 2.75) is 4.90 Å². The number of carbonyl (C=O) groups is 1. The molecule has 1 heterocycles. The Morgan fingerprint density at radius 1 is 0.833 bits per heavy atom. The number of hydrogen-bond donors (Lipinski definition) is 0. The van der Waals surface area contributed by atoms with E-state index in [0.717, 1.165) is 16.5 Å². The molecule has 3 aromatic rings. The van der Waals surface area contributed by atoms with Crippen LogP contribution in [-0.4, -0.2) is 63.8 Å². The van der Waals surface area contributed by atoms with E-state index in [1.165, 1.54) is 4.31 Å². The number of piperazine rings is 1. The second-order valence-corrected chi connectivity index (χ2v) is 9.59. The SMILES string of the molecule is CN(C)c1cccc(C(=O)N2CCN(S(=O)(=O)c3ccc4ccccc4c3)CC2)c1. The Labute approximate surface area is 177 Å². The zero-order valence-electron chi connectivity index (χ0n) is 17.2. The highest BCUT2D eigenvalue weighted by Gasteiger charge is 2.30. The second-order valence-electron chi connectivity index (χ2n) is 7.65. The number of nitrogens with zero attached hydrogens (tertiary/aromatic N) is 3. The summed E-state index contributed by atoms with van der Waals surface area (Å²) < 4.78 is 27.7. The maximum atomic E-state index is 13.1. The summed E-state index contributed by atoms with van der Waals surface area (Å²) in [7, 11) is 0.265. The third kappa shape index (κ3) is 3.91. The lowest BCUT2D eigenvalue weighted by atomic mass is 10.1. The number of rotatable bonds is 4. The van der Waals surface area contributed by atoms with Crippen LogP contribution in [0.2, 0.25) is 0 Å². The summed E-state index contributed by atoms with van der Waals surface area (Å²) in [4.78, 5) is 16.9. The minimum atomic E-state index is -3.60. The zero-order valence-corrected chi connectivity index (χ0v) is 18.0. The molecule has 0 unspecified atom stereocenters. The largest absolute Gasteiger partial charge is 0.378 e. The quantitative estimate of drug-likeness (QED) is 0.647. The Morgan fingerprint density at radius 2 is 1.53 bits per heavy atom. The van der Waals surface area contributed by atoms with Crippen molar-refractivity contribution in [1.29, 1.82) is 0 Å². The molecule has 4 rings (SSSR count). The third-order valence-corrected chi connectivity index (χ3v) is 7.39. The fraction of sp³-hybridized carbons (Fsp3) is 0.261. The average Bonchev–Trinajstić information content (AvgIpc) is 2.78. The van der Waals surface area contributed by atoms with Crippen LogP contribution in [0.3, 0.4) is 0 Å². The molecule has 1 amide bonds. The molecule has 0 atom stereocenters. The van der Waals surface area contributed by atoms with Gasteiger partial charge in [-0.1, -0.05) is 36.4 Å². The molecule has 0 bridgehead atoms. The molecule has 6 nitrogen and oxygen atoms in total. The van der Waals surface area contributed by atoms with Crippen molar-refractivity contribution in [3.8, 4) is 0 Å². The van der Waals surface area contributed by atoms with Crippen LogP contribution < -0.4 is 4.90 Å². The lowest BCUT2D eigenvalue weighted by Crippen LogP contribution is -2.50. The van der Waals surface area contributed by atoms with E-state index >= 15 is 0 Å². The molecule has 156 valence electrons. The van der Waals surface area contributed by atoms with Gasteiger partial charge in [-0.2, -0.15) is 4.31 Å². The van der Waals surface area contributed by atoms with Gasteiger partial charge >= 0.3 is 0 Å². The molecule has 0 N–H and O–H groups in total. The molecule has 0 aromatic heterocycles. The number of hydrogen-bond acceptors (Lipinski definition) is 4. The Kier molecular flexibility index (Phi) is 5.49. The van der Waals surface area contributed by atoms with Gasteiger partial charge < -0.3 is 9.80 Å². The maximum Gasteiger partial charge on any atom is 0.254 e. The van der Waals surface area contributed by atoms with E-state index in [9.17, 15) is 13.2 Å². The number of anilines is 1. The van der Waals surface area contributed by atoms with E-state index < -0.39 is 10.0 Å². The molecule has 7 heteroatoms. The Balaban J connectivity index is 1.48. The van der Waals surface area contributed by atoms with Crippen molar-refractivity contribution in [1.82, 2.24) is 9.21 Å². The second kappa shape index (κ2) is 8.08. The highest BCUT2D eigenvalue weighted by molar-refractivity contribution is 7.89. The standard InChI is InChI=1S/C23H25N3O3S/c1-24(2)21-9-5-8-20(16-21)23(27)25-12-14-26(15-13-25)30(28,29)22-11-10-18-6-3-4-7-19(18)17-22/h3-11,16-17H,12-15H2,1-2H3.